The molecule has 1 unspecified atom stereocenters. The molecule has 0 aromatic rings. The number of hydrogen-bond acceptors (Lipinski definition) is 1. The van der Waals surface area contributed by atoms with E-state index >= 15 is 0 Å². The van der Waals surface area contributed by atoms with Crippen molar-refractivity contribution in [2.24, 2.45) is 0 Å². The molecule has 1 aliphatic rings. The molecule has 0 saturated heterocycles. The summed E-state index contributed by atoms with van der Waals surface area (Å²) in [5.74, 6) is -1.61. The molecule has 0 spiro atoms. The maximum Gasteiger partial charge on any atom is 0.175 e. The van der Waals surface area contributed by atoms with Gasteiger partial charge >= 0.3 is 0 Å². The van der Waals surface area contributed by atoms with Crippen molar-refractivity contribution in [1.82, 2.24) is 0 Å². The van der Waals surface area contributed by atoms with Crippen LogP contribution < -0.4 is 0 Å². The summed E-state index contributed by atoms with van der Waals surface area (Å²) in [6, 6.07) is 0. The lowest BCUT2D eigenvalue weighted by molar-refractivity contribution is 0.153. The Balaban J connectivity index is 3.01. The molecule has 62 valence electrons. The van der Waals surface area contributed by atoms with Crippen molar-refractivity contribution >= 4 is 31.9 Å². The molecule has 0 saturated carbocycles. The largest absolute Gasteiger partial charge is 0.372 e. The van der Waals surface area contributed by atoms with Gasteiger partial charge in [-0.3, -0.25) is 0 Å². The Morgan fingerprint density at radius 3 is 2.55 bits per heavy atom. The summed E-state index contributed by atoms with van der Waals surface area (Å²) >= 11 is 5.57. The first kappa shape index (κ1) is 9.35. The molecule has 0 aromatic heterocycles. The SMILES string of the molecule is OC1(Br)CC(Br)=C(F)C=C1F. The number of allylic oxidation sites excluding steroid dienone is 2. The van der Waals surface area contributed by atoms with E-state index in [0.717, 1.165) is 0 Å². The van der Waals surface area contributed by atoms with Crippen molar-refractivity contribution < 1.29 is 13.9 Å². The van der Waals surface area contributed by atoms with Gasteiger partial charge in [-0.25, -0.2) is 8.78 Å². The molecule has 0 radical (unpaired) electrons. The van der Waals surface area contributed by atoms with Crippen LogP contribution in [0.2, 0.25) is 0 Å². The van der Waals surface area contributed by atoms with Crippen LogP contribution in [0, 0.1) is 0 Å². The van der Waals surface area contributed by atoms with Crippen LogP contribution in [-0.2, 0) is 0 Å². The predicted molar refractivity (Wildman–Crippen MR) is 44.7 cm³/mol. The van der Waals surface area contributed by atoms with E-state index in [1.54, 1.807) is 0 Å². The van der Waals surface area contributed by atoms with Crippen LogP contribution in [0.25, 0.3) is 0 Å². The van der Waals surface area contributed by atoms with E-state index in [1.807, 2.05) is 0 Å². The third-order valence-corrected chi connectivity index (χ3v) is 2.59. The van der Waals surface area contributed by atoms with Gasteiger partial charge in [0.1, 0.15) is 11.7 Å². The number of rotatable bonds is 0. The van der Waals surface area contributed by atoms with Gasteiger partial charge in [0, 0.05) is 17.0 Å². The highest BCUT2D eigenvalue weighted by Gasteiger charge is 2.34. The minimum atomic E-state index is -1.75. The minimum Gasteiger partial charge on any atom is -0.372 e. The summed E-state index contributed by atoms with van der Waals surface area (Å²) in [6.07, 6.45) is 0.503. The van der Waals surface area contributed by atoms with Crippen LogP contribution in [0.15, 0.2) is 22.2 Å². The zero-order chi connectivity index (χ0) is 8.65. The van der Waals surface area contributed by atoms with Gasteiger partial charge < -0.3 is 5.11 Å². The van der Waals surface area contributed by atoms with Crippen LogP contribution in [0.1, 0.15) is 6.42 Å². The van der Waals surface area contributed by atoms with E-state index in [4.69, 9.17) is 0 Å². The van der Waals surface area contributed by atoms with E-state index in [9.17, 15) is 13.9 Å². The van der Waals surface area contributed by atoms with Gasteiger partial charge in [-0.1, -0.05) is 15.9 Å². The lowest BCUT2D eigenvalue weighted by atomic mass is 10.1. The summed E-state index contributed by atoms with van der Waals surface area (Å²) < 4.78 is 23.6. The van der Waals surface area contributed by atoms with Crippen molar-refractivity contribution in [3.8, 4) is 0 Å². The summed E-state index contributed by atoms with van der Waals surface area (Å²) in [5, 5.41) is 9.17. The lowest BCUT2D eigenvalue weighted by Crippen LogP contribution is -2.23. The molecule has 0 bridgehead atoms. The second-order valence-corrected chi connectivity index (χ2v) is 4.45. The van der Waals surface area contributed by atoms with Crippen LogP contribution >= 0.6 is 31.9 Å². The zero-order valence-electron chi connectivity index (χ0n) is 5.24. The summed E-state index contributed by atoms with van der Waals surface area (Å²) in [4.78, 5) is 0. The van der Waals surface area contributed by atoms with Gasteiger partial charge in [-0.2, -0.15) is 0 Å². The second-order valence-electron chi connectivity index (χ2n) is 2.18. The highest BCUT2D eigenvalue weighted by molar-refractivity contribution is 9.12. The maximum absolute atomic E-state index is 12.7. The topological polar surface area (TPSA) is 20.2 Å². The maximum atomic E-state index is 12.7. The Bertz CT molecular complexity index is 245. The van der Waals surface area contributed by atoms with Crippen LogP contribution in [-0.4, -0.2) is 9.62 Å². The van der Waals surface area contributed by atoms with Crippen LogP contribution in [0.4, 0.5) is 8.78 Å². The van der Waals surface area contributed by atoms with Crippen molar-refractivity contribution in [1.29, 1.82) is 0 Å². The lowest BCUT2D eigenvalue weighted by Gasteiger charge is -2.22. The third kappa shape index (κ3) is 1.89. The fraction of sp³-hybridized carbons (Fsp3) is 0.333. The molecule has 1 nitrogen and oxygen atoms in total. The number of halogens is 4. The van der Waals surface area contributed by atoms with Gasteiger partial charge in [0.05, 0.1) is 0 Å². The molecule has 0 aliphatic heterocycles. The first-order valence-electron chi connectivity index (χ1n) is 2.76. The van der Waals surface area contributed by atoms with Crippen molar-refractivity contribution in [2.45, 2.75) is 10.9 Å². The Labute approximate surface area is 79.0 Å². The fourth-order valence-electron chi connectivity index (χ4n) is 0.675. The molecule has 5 heteroatoms. The Kier molecular flexibility index (Phi) is 2.51. The molecular formula is C6H4Br2F2O. The highest BCUT2D eigenvalue weighted by Crippen LogP contribution is 2.40. The van der Waals surface area contributed by atoms with Gasteiger partial charge in [-0.05, 0) is 15.9 Å². The van der Waals surface area contributed by atoms with Crippen molar-refractivity contribution in [3.05, 3.63) is 22.2 Å². The van der Waals surface area contributed by atoms with E-state index in [0.29, 0.717) is 6.08 Å². The molecule has 11 heavy (non-hydrogen) atoms. The molecule has 0 fully saturated rings. The van der Waals surface area contributed by atoms with E-state index in [-0.39, 0.29) is 10.9 Å². The van der Waals surface area contributed by atoms with Crippen LogP contribution in [0.3, 0.4) is 0 Å². The summed E-state index contributed by atoms with van der Waals surface area (Å²) in [6.45, 7) is 0. The highest BCUT2D eigenvalue weighted by atomic mass is 79.9. The van der Waals surface area contributed by atoms with Crippen molar-refractivity contribution in [3.63, 3.8) is 0 Å². The van der Waals surface area contributed by atoms with Crippen molar-refractivity contribution in [2.75, 3.05) is 0 Å². The van der Waals surface area contributed by atoms with Gasteiger partial charge in [0.25, 0.3) is 0 Å². The van der Waals surface area contributed by atoms with Gasteiger partial charge in [0.15, 0.2) is 4.51 Å². The number of hydrogen-bond donors (Lipinski definition) is 1. The minimum absolute atomic E-state index is 0.138. The predicted octanol–water partition coefficient (Wildman–Crippen LogP) is 2.90. The summed E-state index contributed by atoms with van der Waals surface area (Å²) in [7, 11) is 0. The molecule has 1 aliphatic carbocycles. The number of alkyl halides is 1. The van der Waals surface area contributed by atoms with Gasteiger partial charge in [-0.15, -0.1) is 0 Å². The molecule has 0 amide bonds. The van der Waals surface area contributed by atoms with E-state index in [2.05, 4.69) is 31.9 Å². The van der Waals surface area contributed by atoms with E-state index in [1.165, 1.54) is 0 Å². The Hall–Kier alpha value is 0.260. The van der Waals surface area contributed by atoms with E-state index < -0.39 is 16.2 Å². The average Bonchev–Trinajstić information content (AvgIpc) is 1.83. The average molecular weight is 290 g/mol. The number of aliphatic hydroxyl groups is 1. The van der Waals surface area contributed by atoms with Crippen LogP contribution in [0.5, 0.6) is 0 Å². The molecule has 0 aromatic carbocycles. The first-order valence-corrected chi connectivity index (χ1v) is 4.35. The third-order valence-electron chi connectivity index (χ3n) is 1.27. The molecule has 1 rings (SSSR count). The quantitative estimate of drug-likeness (QED) is 0.680. The fourth-order valence-corrected chi connectivity index (χ4v) is 1.97. The molecule has 1 N–H and O–H groups in total. The monoisotopic (exact) mass is 288 g/mol. The smallest absolute Gasteiger partial charge is 0.175 e. The Morgan fingerprint density at radius 1 is 1.55 bits per heavy atom. The normalized spacial score (nSPS) is 32.3. The zero-order valence-corrected chi connectivity index (χ0v) is 8.42. The second kappa shape index (κ2) is 2.95. The Morgan fingerprint density at radius 2 is 2.09 bits per heavy atom. The van der Waals surface area contributed by atoms with Gasteiger partial charge in [0.2, 0.25) is 0 Å². The standard InChI is InChI=1S/C6H4Br2F2O/c7-3-2-6(8,11)5(10)1-4(3)9/h1,11H,2H2. The summed E-state index contributed by atoms with van der Waals surface area (Å²) in [5.41, 5.74) is 0. The molecular weight excluding hydrogens is 286 g/mol. The molecule has 0 heterocycles. The molecule has 1 atom stereocenters. The first-order chi connectivity index (χ1) is 4.93.